The van der Waals surface area contributed by atoms with Gasteiger partial charge in [0.05, 0.1) is 24.4 Å². The van der Waals surface area contributed by atoms with Gasteiger partial charge in [-0.15, -0.1) is 0 Å². The summed E-state index contributed by atoms with van der Waals surface area (Å²) in [4.78, 5) is 25.6. The molecule has 3 aromatic rings. The molecule has 1 amide bonds. The molecule has 218 valence electrons. The Morgan fingerprint density at radius 2 is 1.73 bits per heavy atom. The maximum Gasteiger partial charge on any atom is 0.335 e. The van der Waals surface area contributed by atoms with E-state index in [0.717, 1.165) is 5.56 Å². The maximum atomic E-state index is 15.8. The first-order valence-electron chi connectivity index (χ1n) is 13.2. The Morgan fingerprint density at radius 3 is 2.32 bits per heavy atom. The van der Waals surface area contributed by atoms with Crippen molar-refractivity contribution in [3.63, 3.8) is 0 Å². The Morgan fingerprint density at radius 1 is 1.07 bits per heavy atom. The quantitative estimate of drug-likeness (QED) is 0.243. The van der Waals surface area contributed by atoms with E-state index < -0.39 is 41.1 Å². The minimum Gasteiger partial charge on any atom is -0.495 e. The van der Waals surface area contributed by atoms with Gasteiger partial charge in [0.2, 0.25) is 5.91 Å². The van der Waals surface area contributed by atoms with Crippen molar-refractivity contribution in [2.45, 2.75) is 50.6 Å². The third-order valence-electron chi connectivity index (χ3n) is 7.69. The number of halogens is 3. The van der Waals surface area contributed by atoms with Crippen molar-refractivity contribution < 1.29 is 23.8 Å². The second-order valence-electron chi connectivity index (χ2n) is 11.6. The van der Waals surface area contributed by atoms with Gasteiger partial charge in [-0.3, -0.25) is 4.79 Å². The van der Waals surface area contributed by atoms with Crippen LogP contribution in [0.1, 0.15) is 54.6 Å². The van der Waals surface area contributed by atoms with Crippen molar-refractivity contribution in [3.05, 3.63) is 93.2 Å². The topological polar surface area (TPSA) is 114 Å². The summed E-state index contributed by atoms with van der Waals surface area (Å²) in [7, 11) is 1.39. The van der Waals surface area contributed by atoms with Crippen molar-refractivity contribution in [1.82, 2.24) is 5.32 Å². The van der Waals surface area contributed by atoms with E-state index in [0.29, 0.717) is 27.7 Å². The number of carbonyl (C=O) groups is 2. The molecule has 4 atom stereocenters. The standard InChI is InChI=1S/C31H34Cl2FN3O4/c1-30(2,3)15-25-31(16-35,21-14-20(33)10-11-22(21)34)26(17-5-8-19(32)9-6-17)27(37-25)28(38)36-23-12-7-18(29(39)40)13-24(23)41-4/h5-14,25-27,37H,15-16,35H2,1-4H3,(H,36,38)(H,39,40)/t25-,26-,27+,31-/m0/s1. The number of ether oxygens (including phenoxy) is 1. The van der Waals surface area contributed by atoms with Gasteiger partial charge in [-0.25, -0.2) is 9.18 Å². The van der Waals surface area contributed by atoms with Crippen molar-refractivity contribution in [2.24, 2.45) is 11.1 Å². The fraction of sp³-hybridized carbons (Fsp3) is 0.355. The summed E-state index contributed by atoms with van der Waals surface area (Å²) in [6.07, 6.45) is 0.570. The smallest absolute Gasteiger partial charge is 0.335 e. The second kappa shape index (κ2) is 12.0. The highest BCUT2D eigenvalue weighted by Gasteiger charge is 2.59. The Bertz CT molecular complexity index is 1440. The van der Waals surface area contributed by atoms with Crippen LogP contribution in [0, 0.1) is 11.2 Å². The molecule has 0 radical (unpaired) electrons. The van der Waals surface area contributed by atoms with Crippen LogP contribution in [0.4, 0.5) is 10.1 Å². The van der Waals surface area contributed by atoms with Crippen LogP contribution in [-0.2, 0) is 10.2 Å². The maximum absolute atomic E-state index is 15.8. The molecule has 0 spiro atoms. The van der Waals surface area contributed by atoms with E-state index in [-0.39, 0.29) is 23.3 Å². The summed E-state index contributed by atoms with van der Waals surface area (Å²) in [6.45, 7) is 6.24. The molecule has 41 heavy (non-hydrogen) atoms. The number of amides is 1. The number of hydrogen-bond acceptors (Lipinski definition) is 5. The fourth-order valence-corrected chi connectivity index (χ4v) is 6.24. The average molecular weight is 603 g/mol. The number of nitrogens with one attached hydrogen (secondary N) is 2. The van der Waals surface area contributed by atoms with E-state index in [4.69, 9.17) is 33.7 Å². The number of carbonyl (C=O) groups excluding carboxylic acids is 1. The predicted molar refractivity (Wildman–Crippen MR) is 160 cm³/mol. The lowest BCUT2D eigenvalue weighted by Gasteiger charge is -2.42. The van der Waals surface area contributed by atoms with Gasteiger partial charge in [0.25, 0.3) is 0 Å². The minimum absolute atomic E-state index is 0.0155. The minimum atomic E-state index is -1.12. The molecule has 1 aliphatic heterocycles. The molecule has 1 fully saturated rings. The van der Waals surface area contributed by atoms with Crippen molar-refractivity contribution in [1.29, 1.82) is 0 Å². The summed E-state index contributed by atoms with van der Waals surface area (Å²) in [5, 5.41) is 16.7. The van der Waals surface area contributed by atoms with Crippen LogP contribution in [0.3, 0.4) is 0 Å². The van der Waals surface area contributed by atoms with Gasteiger partial charge >= 0.3 is 5.97 Å². The summed E-state index contributed by atoms with van der Waals surface area (Å²) >= 11 is 12.6. The number of carboxylic acid groups (broad SMARTS) is 1. The van der Waals surface area contributed by atoms with E-state index in [1.54, 1.807) is 18.2 Å². The summed E-state index contributed by atoms with van der Waals surface area (Å²) in [6, 6.07) is 14.4. The first-order chi connectivity index (χ1) is 19.3. The number of aromatic carboxylic acids is 1. The van der Waals surface area contributed by atoms with Gasteiger partial charge in [-0.2, -0.15) is 0 Å². The molecule has 3 aromatic carbocycles. The lowest BCUT2D eigenvalue weighted by molar-refractivity contribution is -0.118. The van der Waals surface area contributed by atoms with Crippen molar-refractivity contribution >= 4 is 40.8 Å². The number of methoxy groups -OCH3 is 1. The Labute approximate surface area is 249 Å². The van der Waals surface area contributed by atoms with Crippen LogP contribution in [0.5, 0.6) is 5.75 Å². The molecule has 1 heterocycles. The van der Waals surface area contributed by atoms with Crippen LogP contribution in [-0.4, -0.2) is 42.7 Å². The van der Waals surface area contributed by atoms with Gasteiger partial charge in [0, 0.05) is 34.0 Å². The summed E-state index contributed by atoms with van der Waals surface area (Å²) < 4.78 is 21.1. The van der Waals surface area contributed by atoms with Crippen LogP contribution in [0.2, 0.25) is 10.0 Å². The van der Waals surface area contributed by atoms with Gasteiger partial charge in [-0.05, 0) is 71.5 Å². The molecule has 10 heteroatoms. The van der Waals surface area contributed by atoms with Crippen molar-refractivity contribution in [2.75, 3.05) is 19.0 Å². The number of benzene rings is 3. The normalized spacial score (nSPS) is 22.4. The molecule has 0 unspecified atom stereocenters. The van der Waals surface area contributed by atoms with Crippen LogP contribution < -0.4 is 21.1 Å². The summed E-state index contributed by atoms with van der Waals surface area (Å²) in [5.74, 6) is -2.44. The molecule has 0 bridgehead atoms. The van der Waals surface area contributed by atoms with E-state index in [1.165, 1.54) is 37.4 Å². The average Bonchev–Trinajstić information content (AvgIpc) is 3.23. The fourth-order valence-electron chi connectivity index (χ4n) is 5.94. The van der Waals surface area contributed by atoms with E-state index in [1.807, 2.05) is 12.1 Å². The number of nitrogens with two attached hydrogens (primary N) is 1. The van der Waals surface area contributed by atoms with Crippen LogP contribution in [0.15, 0.2) is 60.7 Å². The Hall–Kier alpha value is -3.17. The highest BCUT2D eigenvalue weighted by molar-refractivity contribution is 6.30. The molecule has 1 aliphatic rings. The van der Waals surface area contributed by atoms with Gasteiger partial charge in [-0.1, -0.05) is 56.1 Å². The zero-order chi connectivity index (χ0) is 30.1. The molecular formula is C31H34Cl2FN3O4. The molecule has 0 aromatic heterocycles. The molecule has 0 saturated carbocycles. The van der Waals surface area contributed by atoms with Crippen molar-refractivity contribution in [3.8, 4) is 5.75 Å². The van der Waals surface area contributed by atoms with Gasteiger partial charge in [0.15, 0.2) is 0 Å². The zero-order valence-electron chi connectivity index (χ0n) is 23.3. The van der Waals surface area contributed by atoms with Gasteiger partial charge < -0.3 is 26.2 Å². The third kappa shape index (κ3) is 6.21. The molecule has 0 aliphatic carbocycles. The third-order valence-corrected chi connectivity index (χ3v) is 8.18. The highest BCUT2D eigenvalue weighted by Crippen LogP contribution is 2.52. The number of anilines is 1. The number of carboxylic acids is 1. The van der Waals surface area contributed by atoms with E-state index in [9.17, 15) is 14.7 Å². The largest absolute Gasteiger partial charge is 0.495 e. The molecule has 5 N–H and O–H groups in total. The molecule has 1 saturated heterocycles. The van der Waals surface area contributed by atoms with E-state index >= 15 is 4.39 Å². The Kier molecular flexibility index (Phi) is 8.99. The number of rotatable bonds is 8. The molecule has 4 rings (SSSR count). The first kappa shape index (κ1) is 30.8. The van der Waals surface area contributed by atoms with Gasteiger partial charge in [0.1, 0.15) is 11.6 Å². The van der Waals surface area contributed by atoms with Crippen LogP contribution in [0.25, 0.3) is 0 Å². The summed E-state index contributed by atoms with van der Waals surface area (Å²) in [5.41, 5.74) is 6.71. The monoisotopic (exact) mass is 601 g/mol. The highest BCUT2D eigenvalue weighted by atomic mass is 35.5. The number of hydrogen-bond donors (Lipinski definition) is 4. The Balaban J connectivity index is 1.90. The van der Waals surface area contributed by atoms with Crippen LogP contribution >= 0.6 is 23.2 Å². The van der Waals surface area contributed by atoms with E-state index in [2.05, 4.69) is 31.4 Å². The molecular weight excluding hydrogens is 568 g/mol. The second-order valence-corrected chi connectivity index (χ2v) is 12.4. The predicted octanol–water partition coefficient (Wildman–Crippen LogP) is 6.23. The zero-order valence-corrected chi connectivity index (χ0v) is 24.8. The lowest BCUT2D eigenvalue weighted by atomic mass is 9.62. The molecule has 7 nitrogen and oxygen atoms in total. The first-order valence-corrected chi connectivity index (χ1v) is 14.0. The lowest BCUT2D eigenvalue weighted by Crippen LogP contribution is -2.50. The SMILES string of the molecule is COc1cc(C(=O)O)ccc1NC(=O)[C@@H]1N[C@@H](CC(C)(C)C)[C@](CN)(c2cc(Cl)ccc2F)[C@H]1c1ccc(Cl)cc1.